The van der Waals surface area contributed by atoms with Gasteiger partial charge in [0.15, 0.2) is 11.4 Å². The number of pyridine rings is 1. The van der Waals surface area contributed by atoms with Crippen LogP contribution in [0.25, 0.3) is 10.8 Å². The Hall–Kier alpha value is -1.69. The Morgan fingerprint density at radius 1 is 1.47 bits per heavy atom. The molecule has 1 aromatic carbocycles. The molecule has 1 aromatic heterocycles. The highest BCUT2D eigenvalue weighted by molar-refractivity contribution is 9.10. The van der Waals surface area contributed by atoms with Gasteiger partial charge in [-0.1, -0.05) is 0 Å². The van der Waals surface area contributed by atoms with E-state index >= 15 is 0 Å². The van der Waals surface area contributed by atoms with Crippen LogP contribution in [0.1, 0.15) is 10.5 Å². The summed E-state index contributed by atoms with van der Waals surface area (Å²) in [6.07, 6.45) is 1.37. The van der Waals surface area contributed by atoms with Gasteiger partial charge in [-0.05, 0) is 28.1 Å². The topological polar surface area (TPSA) is 59.4 Å². The summed E-state index contributed by atoms with van der Waals surface area (Å²) < 4.78 is 18.1. The summed E-state index contributed by atoms with van der Waals surface area (Å²) in [6, 6.07) is 2.38. The van der Waals surface area contributed by atoms with E-state index in [1.54, 1.807) is 0 Å². The first kappa shape index (κ1) is 11.8. The lowest BCUT2D eigenvalue weighted by molar-refractivity contribution is 0.0591. The van der Waals surface area contributed by atoms with Crippen molar-refractivity contribution in [2.45, 2.75) is 0 Å². The van der Waals surface area contributed by atoms with Crippen LogP contribution in [0.4, 0.5) is 4.39 Å². The third-order valence-electron chi connectivity index (χ3n) is 2.28. The van der Waals surface area contributed by atoms with Crippen molar-refractivity contribution in [1.82, 2.24) is 4.98 Å². The van der Waals surface area contributed by atoms with Gasteiger partial charge in [-0.2, -0.15) is 0 Å². The molecule has 4 nitrogen and oxygen atoms in total. The van der Waals surface area contributed by atoms with Crippen molar-refractivity contribution in [1.29, 1.82) is 0 Å². The maximum Gasteiger partial charge on any atom is 0.360 e. The molecule has 0 saturated carbocycles. The number of benzene rings is 1. The number of fused-ring (bicyclic) bond motifs is 1. The molecule has 2 aromatic rings. The highest BCUT2D eigenvalue weighted by atomic mass is 79.9. The van der Waals surface area contributed by atoms with Crippen LogP contribution in [0, 0.1) is 5.82 Å². The third kappa shape index (κ3) is 1.95. The number of ether oxygens (including phenoxy) is 1. The van der Waals surface area contributed by atoms with Crippen molar-refractivity contribution in [2.24, 2.45) is 0 Å². The van der Waals surface area contributed by atoms with Gasteiger partial charge in [-0.25, -0.2) is 14.2 Å². The normalized spacial score (nSPS) is 10.5. The average Bonchev–Trinajstić information content (AvgIpc) is 2.29. The molecule has 0 bridgehead atoms. The minimum atomic E-state index is -0.773. The van der Waals surface area contributed by atoms with Crippen LogP contribution in [-0.2, 0) is 4.74 Å². The summed E-state index contributed by atoms with van der Waals surface area (Å²) in [5.74, 6) is -1.69. The van der Waals surface area contributed by atoms with Crippen LogP contribution < -0.4 is 0 Å². The number of nitrogens with zero attached hydrogens (tertiary/aromatic N) is 1. The van der Waals surface area contributed by atoms with E-state index in [9.17, 15) is 14.3 Å². The number of esters is 1. The molecule has 88 valence electrons. The van der Waals surface area contributed by atoms with Gasteiger partial charge < -0.3 is 9.84 Å². The van der Waals surface area contributed by atoms with Gasteiger partial charge in [-0.15, -0.1) is 0 Å². The fraction of sp³-hybridized carbons (Fsp3) is 0.0909. The zero-order valence-electron chi connectivity index (χ0n) is 8.70. The van der Waals surface area contributed by atoms with Crippen molar-refractivity contribution < 1.29 is 19.0 Å². The van der Waals surface area contributed by atoms with Crippen molar-refractivity contribution in [2.75, 3.05) is 7.11 Å². The smallest absolute Gasteiger partial charge is 0.360 e. The Balaban J connectivity index is 2.79. The molecule has 0 aliphatic rings. The predicted octanol–water partition coefficient (Wildman–Crippen LogP) is 2.63. The van der Waals surface area contributed by atoms with Gasteiger partial charge in [0.2, 0.25) is 0 Å². The van der Waals surface area contributed by atoms with Gasteiger partial charge in [0.05, 0.1) is 7.11 Å². The van der Waals surface area contributed by atoms with Crippen LogP contribution in [0.15, 0.2) is 22.8 Å². The van der Waals surface area contributed by atoms with Crippen molar-refractivity contribution in [3.05, 3.63) is 34.3 Å². The number of carbonyl (C=O) groups is 1. The van der Waals surface area contributed by atoms with E-state index in [4.69, 9.17) is 0 Å². The summed E-state index contributed by atoms with van der Waals surface area (Å²) >= 11 is 3.15. The summed E-state index contributed by atoms with van der Waals surface area (Å²) in [5, 5.41) is 10.6. The van der Waals surface area contributed by atoms with Crippen molar-refractivity contribution >= 4 is 32.7 Å². The van der Waals surface area contributed by atoms with Crippen LogP contribution >= 0.6 is 15.9 Å². The molecular weight excluding hydrogens is 293 g/mol. The first-order chi connectivity index (χ1) is 8.04. The lowest BCUT2D eigenvalue weighted by Crippen LogP contribution is -2.04. The van der Waals surface area contributed by atoms with E-state index in [2.05, 4.69) is 25.7 Å². The number of halogens is 2. The molecule has 0 aliphatic heterocycles. The highest BCUT2D eigenvalue weighted by Crippen LogP contribution is 2.32. The largest absolute Gasteiger partial charge is 0.505 e. The Bertz CT molecular complexity index is 615. The minimum Gasteiger partial charge on any atom is -0.505 e. The molecule has 0 amide bonds. The summed E-state index contributed by atoms with van der Waals surface area (Å²) in [4.78, 5) is 15.1. The number of aromatic hydroxyl groups is 1. The van der Waals surface area contributed by atoms with E-state index < -0.39 is 17.5 Å². The zero-order valence-corrected chi connectivity index (χ0v) is 10.3. The quantitative estimate of drug-likeness (QED) is 0.823. The Morgan fingerprint density at radius 3 is 2.82 bits per heavy atom. The number of carbonyl (C=O) groups excluding carboxylic acids is 1. The van der Waals surface area contributed by atoms with E-state index in [0.29, 0.717) is 9.86 Å². The number of rotatable bonds is 1. The number of methoxy groups -OCH3 is 1. The van der Waals surface area contributed by atoms with Crippen molar-refractivity contribution in [3.8, 4) is 5.75 Å². The molecule has 1 N–H and O–H groups in total. The maximum atomic E-state index is 13.2. The van der Waals surface area contributed by atoms with E-state index in [1.807, 2.05) is 0 Å². The van der Waals surface area contributed by atoms with Crippen LogP contribution in [0.3, 0.4) is 0 Å². The van der Waals surface area contributed by atoms with Crippen LogP contribution in [-0.4, -0.2) is 23.2 Å². The molecule has 0 saturated heterocycles. The number of hydrogen-bond acceptors (Lipinski definition) is 4. The first-order valence-corrected chi connectivity index (χ1v) is 5.39. The molecule has 0 spiro atoms. The van der Waals surface area contributed by atoms with E-state index in [-0.39, 0.29) is 11.1 Å². The highest BCUT2D eigenvalue weighted by Gasteiger charge is 2.17. The first-order valence-electron chi connectivity index (χ1n) is 4.59. The predicted molar refractivity (Wildman–Crippen MR) is 62.4 cm³/mol. The molecule has 2 rings (SSSR count). The van der Waals surface area contributed by atoms with E-state index in [0.717, 1.165) is 6.07 Å². The van der Waals surface area contributed by atoms with Gasteiger partial charge in [-0.3, -0.25) is 0 Å². The molecule has 0 atom stereocenters. The SMILES string of the molecule is COC(=O)c1ncc2c(Br)cc(F)cc2c1O. The molecule has 6 heteroatoms. The molecular formula is C11H7BrFNO3. The molecule has 0 fully saturated rings. The summed E-state index contributed by atoms with van der Waals surface area (Å²) in [7, 11) is 1.18. The van der Waals surface area contributed by atoms with Crippen LogP contribution in [0.2, 0.25) is 0 Å². The van der Waals surface area contributed by atoms with Gasteiger partial charge >= 0.3 is 5.97 Å². The summed E-state index contributed by atoms with van der Waals surface area (Å²) in [6.45, 7) is 0. The number of aromatic nitrogens is 1. The molecule has 0 unspecified atom stereocenters. The Labute approximate surface area is 104 Å². The average molecular weight is 300 g/mol. The maximum absolute atomic E-state index is 13.2. The second kappa shape index (κ2) is 4.29. The second-order valence-electron chi connectivity index (χ2n) is 3.30. The number of hydrogen-bond donors (Lipinski definition) is 1. The Kier molecular flexibility index (Phi) is 2.97. The van der Waals surface area contributed by atoms with Crippen molar-refractivity contribution in [3.63, 3.8) is 0 Å². The second-order valence-corrected chi connectivity index (χ2v) is 4.15. The fourth-order valence-electron chi connectivity index (χ4n) is 1.48. The van der Waals surface area contributed by atoms with Gasteiger partial charge in [0.25, 0.3) is 0 Å². The standard InChI is InChI=1S/C11H7BrFNO3/c1-17-11(16)9-10(15)6-2-5(13)3-8(12)7(6)4-14-9/h2-4,15H,1H3. The fourth-order valence-corrected chi connectivity index (χ4v) is 2.01. The summed E-state index contributed by atoms with van der Waals surface area (Å²) in [5.41, 5.74) is -0.238. The minimum absolute atomic E-state index is 0.201. The van der Waals surface area contributed by atoms with Gasteiger partial charge in [0, 0.05) is 21.4 Å². The van der Waals surface area contributed by atoms with E-state index in [1.165, 1.54) is 19.4 Å². The van der Waals surface area contributed by atoms with Gasteiger partial charge in [0.1, 0.15) is 5.82 Å². The molecule has 1 heterocycles. The molecule has 0 radical (unpaired) electrons. The van der Waals surface area contributed by atoms with Crippen LogP contribution in [0.5, 0.6) is 5.75 Å². The molecule has 0 aliphatic carbocycles. The third-order valence-corrected chi connectivity index (χ3v) is 2.93. The lowest BCUT2D eigenvalue weighted by Gasteiger charge is -2.06. The monoisotopic (exact) mass is 299 g/mol. The lowest BCUT2D eigenvalue weighted by atomic mass is 10.1. The molecule has 17 heavy (non-hydrogen) atoms. The zero-order chi connectivity index (χ0) is 12.6. The Morgan fingerprint density at radius 2 is 2.18 bits per heavy atom.